The number of aryl methyl sites for hydroxylation is 1. The molecular weight excluding hydrogens is 310 g/mol. The standard InChI is InChI=1S/C16H21N5OS/c1-11-15(23-10-20-11)8-21-4-2-3-12(7-21)5-13-6-14(16(17)22)19-9-18-13/h6,9-10,12H,2-5,7-8H2,1H3,(H2,17,22)/t12-/m0/s1. The van der Waals surface area contributed by atoms with Gasteiger partial charge in [-0.05, 0) is 44.7 Å². The number of piperidine rings is 1. The van der Waals surface area contributed by atoms with Crippen LogP contribution in [0, 0.1) is 12.8 Å². The van der Waals surface area contributed by atoms with Gasteiger partial charge < -0.3 is 5.73 Å². The Morgan fingerprint density at radius 3 is 3.04 bits per heavy atom. The maximum Gasteiger partial charge on any atom is 0.267 e. The van der Waals surface area contributed by atoms with Gasteiger partial charge in [-0.15, -0.1) is 11.3 Å². The largest absolute Gasteiger partial charge is 0.364 e. The minimum atomic E-state index is -0.500. The second-order valence-electron chi connectivity index (χ2n) is 6.07. The minimum Gasteiger partial charge on any atom is -0.364 e. The molecule has 3 heterocycles. The molecule has 1 saturated heterocycles. The second-order valence-corrected chi connectivity index (χ2v) is 7.01. The maximum absolute atomic E-state index is 11.2. The van der Waals surface area contributed by atoms with Crippen LogP contribution in [0.25, 0.3) is 0 Å². The van der Waals surface area contributed by atoms with E-state index in [2.05, 4.69) is 26.8 Å². The van der Waals surface area contributed by atoms with Gasteiger partial charge in [-0.2, -0.15) is 0 Å². The molecule has 1 amide bonds. The fourth-order valence-corrected chi connectivity index (χ4v) is 3.90. The molecule has 6 nitrogen and oxygen atoms in total. The minimum absolute atomic E-state index is 0.294. The van der Waals surface area contributed by atoms with Crippen LogP contribution in [0.1, 0.15) is 39.6 Å². The molecule has 0 bridgehead atoms. The zero-order valence-corrected chi connectivity index (χ0v) is 14.1. The summed E-state index contributed by atoms with van der Waals surface area (Å²) in [5.41, 5.74) is 9.53. The Kier molecular flexibility index (Phi) is 4.97. The van der Waals surface area contributed by atoms with E-state index in [0.29, 0.717) is 11.6 Å². The molecule has 1 atom stereocenters. The summed E-state index contributed by atoms with van der Waals surface area (Å²) in [6, 6.07) is 1.72. The van der Waals surface area contributed by atoms with Crippen LogP contribution in [-0.4, -0.2) is 38.8 Å². The number of carbonyl (C=O) groups excluding carboxylic acids is 1. The number of hydrogen-bond acceptors (Lipinski definition) is 6. The van der Waals surface area contributed by atoms with Gasteiger partial charge >= 0.3 is 0 Å². The lowest BCUT2D eigenvalue weighted by atomic mass is 9.93. The quantitative estimate of drug-likeness (QED) is 0.903. The number of thiazole rings is 1. The van der Waals surface area contributed by atoms with Gasteiger partial charge in [0.25, 0.3) is 5.91 Å². The average molecular weight is 331 g/mol. The van der Waals surface area contributed by atoms with Crippen LogP contribution in [0.5, 0.6) is 0 Å². The van der Waals surface area contributed by atoms with Gasteiger partial charge in [0.1, 0.15) is 12.0 Å². The third-order valence-corrected chi connectivity index (χ3v) is 5.21. The summed E-state index contributed by atoms with van der Waals surface area (Å²) in [5, 5.41) is 0. The summed E-state index contributed by atoms with van der Waals surface area (Å²) in [6.07, 6.45) is 4.67. The van der Waals surface area contributed by atoms with Gasteiger partial charge in [0.05, 0.1) is 11.2 Å². The topological polar surface area (TPSA) is 85.0 Å². The van der Waals surface area contributed by atoms with E-state index >= 15 is 0 Å². The Hall–Kier alpha value is -1.86. The van der Waals surface area contributed by atoms with Crippen molar-refractivity contribution in [2.75, 3.05) is 13.1 Å². The first kappa shape index (κ1) is 16.0. The molecule has 0 saturated carbocycles. The molecule has 0 unspecified atom stereocenters. The molecule has 1 aliphatic heterocycles. The van der Waals surface area contributed by atoms with E-state index in [4.69, 9.17) is 5.73 Å². The first-order valence-corrected chi connectivity index (χ1v) is 8.72. The smallest absolute Gasteiger partial charge is 0.267 e. The van der Waals surface area contributed by atoms with E-state index in [1.54, 1.807) is 17.4 Å². The highest BCUT2D eigenvalue weighted by Crippen LogP contribution is 2.23. The second kappa shape index (κ2) is 7.14. The first-order chi connectivity index (χ1) is 11.1. The van der Waals surface area contributed by atoms with Crippen molar-refractivity contribution in [3.63, 3.8) is 0 Å². The number of primary amides is 1. The summed E-state index contributed by atoms with van der Waals surface area (Å²) < 4.78 is 0. The molecule has 0 aliphatic carbocycles. The molecule has 2 aromatic heterocycles. The van der Waals surface area contributed by atoms with E-state index in [0.717, 1.165) is 37.4 Å². The van der Waals surface area contributed by atoms with Crippen molar-refractivity contribution in [3.05, 3.63) is 39.9 Å². The number of amides is 1. The Morgan fingerprint density at radius 1 is 1.43 bits per heavy atom. The van der Waals surface area contributed by atoms with Crippen molar-refractivity contribution in [3.8, 4) is 0 Å². The lowest BCUT2D eigenvalue weighted by molar-refractivity contribution is 0.0995. The van der Waals surface area contributed by atoms with E-state index in [1.165, 1.54) is 24.0 Å². The molecule has 0 radical (unpaired) electrons. The molecular formula is C16H21N5OS. The van der Waals surface area contributed by atoms with Crippen molar-refractivity contribution in [1.29, 1.82) is 0 Å². The van der Waals surface area contributed by atoms with Gasteiger partial charge in [0.15, 0.2) is 0 Å². The van der Waals surface area contributed by atoms with Gasteiger partial charge in [0, 0.05) is 23.7 Å². The van der Waals surface area contributed by atoms with Crippen molar-refractivity contribution < 1.29 is 4.79 Å². The Bertz CT molecular complexity index is 687. The SMILES string of the molecule is Cc1ncsc1CN1CCC[C@@H](Cc2cc(C(N)=O)ncn2)C1. The summed E-state index contributed by atoms with van der Waals surface area (Å²) in [6.45, 7) is 5.22. The molecule has 7 heteroatoms. The van der Waals surface area contributed by atoms with Crippen molar-refractivity contribution in [2.24, 2.45) is 11.7 Å². The molecule has 1 aliphatic rings. The predicted molar refractivity (Wildman–Crippen MR) is 89.1 cm³/mol. The average Bonchev–Trinajstić information content (AvgIpc) is 2.93. The Labute approximate surface area is 139 Å². The van der Waals surface area contributed by atoms with Crippen LogP contribution in [-0.2, 0) is 13.0 Å². The van der Waals surface area contributed by atoms with Gasteiger partial charge in [-0.3, -0.25) is 9.69 Å². The van der Waals surface area contributed by atoms with Crippen molar-refractivity contribution in [2.45, 2.75) is 32.7 Å². The molecule has 1 fully saturated rings. The zero-order valence-electron chi connectivity index (χ0n) is 13.2. The Morgan fingerprint density at radius 2 is 2.30 bits per heavy atom. The normalized spacial score (nSPS) is 18.9. The molecule has 0 aromatic carbocycles. The van der Waals surface area contributed by atoms with Crippen LogP contribution in [0.3, 0.4) is 0 Å². The fraction of sp³-hybridized carbons (Fsp3) is 0.500. The molecule has 2 aromatic rings. The highest BCUT2D eigenvalue weighted by atomic mass is 32.1. The van der Waals surface area contributed by atoms with E-state index in [9.17, 15) is 4.79 Å². The summed E-state index contributed by atoms with van der Waals surface area (Å²) >= 11 is 1.73. The lowest BCUT2D eigenvalue weighted by Gasteiger charge is -2.32. The molecule has 3 rings (SSSR count). The zero-order chi connectivity index (χ0) is 16.2. The highest BCUT2D eigenvalue weighted by molar-refractivity contribution is 7.09. The van der Waals surface area contributed by atoms with E-state index in [1.807, 2.05) is 5.51 Å². The van der Waals surface area contributed by atoms with Crippen LogP contribution in [0.15, 0.2) is 17.9 Å². The number of rotatable bonds is 5. The Balaban J connectivity index is 1.61. The maximum atomic E-state index is 11.2. The van der Waals surface area contributed by atoms with Gasteiger partial charge in [-0.1, -0.05) is 0 Å². The van der Waals surface area contributed by atoms with Crippen LogP contribution in [0.4, 0.5) is 0 Å². The van der Waals surface area contributed by atoms with Crippen molar-refractivity contribution >= 4 is 17.2 Å². The van der Waals surface area contributed by atoms with E-state index in [-0.39, 0.29) is 0 Å². The highest BCUT2D eigenvalue weighted by Gasteiger charge is 2.22. The molecule has 0 spiro atoms. The molecule has 122 valence electrons. The summed E-state index contributed by atoms with van der Waals surface area (Å²) in [4.78, 5) is 27.6. The predicted octanol–water partition coefficient (Wildman–Crippen LogP) is 1.80. The van der Waals surface area contributed by atoms with Crippen molar-refractivity contribution in [1.82, 2.24) is 19.9 Å². The number of hydrogen-bond donors (Lipinski definition) is 1. The van der Waals surface area contributed by atoms with Crippen LogP contribution < -0.4 is 5.73 Å². The third kappa shape index (κ3) is 4.11. The third-order valence-electron chi connectivity index (χ3n) is 4.29. The van der Waals surface area contributed by atoms with Gasteiger partial charge in [0.2, 0.25) is 0 Å². The van der Waals surface area contributed by atoms with Crippen LogP contribution in [0.2, 0.25) is 0 Å². The van der Waals surface area contributed by atoms with Gasteiger partial charge in [-0.25, -0.2) is 15.0 Å². The van der Waals surface area contributed by atoms with Crippen LogP contribution >= 0.6 is 11.3 Å². The van der Waals surface area contributed by atoms with E-state index < -0.39 is 5.91 Å². The molecule has 2 N–H and O–H groups in total. The lowest BCUT2D eigenvalue weighted by Crippen LogP contribution is -2.35. The number of carbonyl (C=O) groups is 1. The summed E-state index contributed by atoms with van der Waals surface area (Å²) in [7, 11) is 0. The first-order valence-electron chi connectivity index (χ1n) is 7.84. The summed E-state index contributed by atoms with van der Waals surface area (Å²) in [5.74, 6) is 0.0483. The molecule has 23 heavy (non-hydrogen) atoms. The number of aromatic nitrogens is 3. The number of nitrogens with zero attached hydrogens (tertiary/aromatic N) is 4. The number of likely N-dealkylation sites (tertiary alicyclic amines) is 1. The number of nitrogens with two attached hydrogens (primary N) is 1. The fourth-order valence-electron chi connectivity index (χ4n) is 3.08. The monoisotopic (exact) mass is 331 g/mol.